The Morgan fingerprint density at radius 1 is 1.07 bits per heavy atom. The SMILES string of the molecule is CC(=O)N1CCC(c2ccccc2CC(C)(C)Nc2nc(C3CNCCO3)nc(-n3c(C(F)F)nc4ccccc43)n2)CC1. The molecule has 4 aromatic rings. The molecular weight excluding hydrogens is 566 g/mol. The Kier molecular flexibility index (Phi) is 8.55. The molecule has 0 radical (unpaired) electrons. The zero-order chi connectivity index (χ0) is 30.8. The molecule has 2 aromatic heterocycles. The van der Waals surface area contributed by atoms with Crippen LogP contribution in [-0.2, 0) is 16.0 Å². The van der Waals surface area contributed by atoms with Crippen LogP contribution in [0.5, 0.6) is 0 Å². The van der Waals surface area contributed by atoms with E-state index in [0.717, 1.165) is 25.9 Å². The molecule has 6 rings (SSSR count). The van der Waals surface area contributed by atoms with E-state index >= 15 is 0 Å². The number of carbonyl (C=O) groups excluding carboxylic acids is 1. The molecule has 0 bridgehead atoms. The molecule has 0 spiro atoms. The molecule has 2 fully saturated rings. The van der Waals surface area contributed by atoms with Crippen LogP contribution >= 0.6 is 0 Å². The third-order valence-electron chi connectivity index (χ3n) is 8.36. The number of benzene rings is 2. The van der Waals surface area contributed by atoms with Crippen molar-refractivity contribution in [2.75, 3.05) is 38.1 Å². The molecule has 1 amide bonds. The Labute approximate surface area is 255 Å². The Balaban J connectivity index is 1.33. The van der Waals surface area contributed by atoms with Crippen LogP contribution in [0.1, 0.15) is 74.8 Å². The number of piperidine rings is 1. The van der Waals surface area contributed by atoms with Gasteiger partial charge in [0.05, 0.1) is 17.6 Å². The summed E-state index contributed by atoms with van der Waals surface area (Å²) in [4.78, 5) is 32.0. The molecule has 2 aromatic carbocycles. The number of hydrogen-bond acceptors (Lipinski definition) is 8. The van der Waals surface area contributed by atoms with Gasteiger partial charge in [-0.2, -0.15) is 15.0 Å². The molecule has 2 aliphatic heterocycles. The number of likely N-dealkylation sites (tertiary alicyclic amines) is 1. The number of fused-ring (bicyclic) bond motifs is 1. The van der Waals surface area contributed by atoms with Crippen molar-refractivity contribution in [3.8, 4) is 5.95 Å². The maximum absolute atomic E-state index is 14.2. The second kappa shape index (κ2) is 12.5. The van der Waals surface area contributed by atoms with Gasteiger partial charge in [0.25, 0.3) is 6.43 Å². The molecule has 0 saturated carbocycles. The molecule has 1 atom stereocenters. The molecule has 0 aliphatic carbocycles. The summed E-state index contributed by atoms with van der Waals surface area (Å²) in [5.41, 5.74) is 2.90. The fourth-order valence-corrected chi connectivity index (χ4v) is 6.23. The van der Waals surface area contributed by atoms with Crippen molar-refractivity contribution in [1.29, 1.82) is 0 Å². The summed E-state index contributed by atoms with van der Waals surface area (Å²) in [6, 6.07) is 15.4. The quantitative estimate of drug-likeness (QED) is 0.290. The largest absolute Gasteiger partial charge is 0.368 e. The van der Waals surface area contributed by atoms with E-state index in [-0.39, 0.29) is 17.8 Å². The second-order valence-electron chi connectivity index (χ2n) is 12.1. The van der Waals surface area contributed by atoms with Gasteiger partial charge < -0.3 is 20.3 Å². The van der Waals surface area contributed by atoms with Crippen molar-refractivity contribution in [3.05, 3.63) is 71.3 Å². The van der Waals surface area contributed by atoms with Crippen LogP contribution in [0.4, 0.5) is 14.7 Å². The topological polar surface area (TPSA) is 110 Å². The summed E-state index contributed by atoms with van der Waals surface area (Å²) in [5, 5.41) is 6.77. The Hall–Kier alpha value is -4.03. The highest BCUT2D eigenvalue weighted by Gasteiger charge is 2.29. The number of halogens is 2. The molecule has 1 unspecified atom stereocenters. The second-order valence-corrected chi connectivity index (χ2v) is 12.1. The summed E-state index contributed by atoms with van der Waals surface area (Å²) >= 11 is 0. The first-order valence-corrected chi connectivity index (χ1v) is 15.1. The minimum Gasteiger partial charge on any atom is -0.368 e. The van der Waals surface area contributed by atoms with E-state index in [4.69, 9.17) is 9.72 Å². The summed E-state index contributed by atoms with van der Waals surface area (Å²) in [5.74, 6) is 0.749. The minimum absolute atomic E-state index is 0.0594. The lowest BCUT2D eigenvalue weighted by molar-refractivity contribution is -0.129. The van der Waals surface area contributed by atoms with E-state index in [1.54, 1.807) is 31.2 Å². The number of alkyl halides is 2. The number of nitrogens with zero attached hydrogens (tertiary/aromatic N) is 6. The number of hydrogen-bond donors (Lipinski definition) is 2. The number of carbonyl (C=O) groups is 1. The molecule has 4 heterocycles. The van der Waals surface area contributed by atoms with Gasteiger partial charge in [0, 0.05) is 38.6 Å². The summed E-state index contributed by atoms with van der Waals surface area (Å²) in [7, 11) is 0. The number of imidazole rings is 1. The van der Waals surface area contributed by atoms with Gasteiger partial charge in [0.15, 0.2) is 11.6 Å². The smallest absolute Gasteiger partial charge is 0.296 e. The van der Waals surface area contributed by atoms with Crippen LogP contribution in [0.15, 0.2) is 48.5 Å². The third kappa shape index (κ3) is 6.41. The van der Waals surface area contributed by atoms with E-state index < -0.39 is 23.9 Å². The highest BCUT2D eigenvalue weighted by atomic mass is 19.3. The zero-order valence-corrected chi connectivity index (χ0v) is 25.3. The van der Waals surface area contributed by atoms with Crippen LogP contribution < -0.4 is 10.6 Å². The van der Waals surface area contributed by atoms with Gasteiger partial charge in [-0.15, -0.1) is 0 Å². The number of rotatable bonds is 8. The number of anilines is 1. The molecule has 2 aliphatic rings. The maximum Gasteiger partial charge on any atom is 0.296 e. The lowest BCUT2D eigenvalue weighted by Gasteiger charge is -2.34. The van der Waals surface area contributed by atoms with Gasteiger partial charge in [-0.1, -0.05) is 36.4 Å². The van der Waals surface area contributed by atoms with Crippen molar-refractivity contribution in [2.45, 2.75) is 64.0 Å². The van der Waals surface area contributed by atoms with Crippen molar-refractivity contribution in [2.24, 2.45) is 0 Å². The first-order valence-electron chi connectivity index (χ1n) is 15.1. The number of aromatic nitrogens is 5. The first kappa shape index (κ1) is 30.0. The molecule has 10 nitrogen and oxygen atoms in total. The van der Waals surface area contributed by atoms with Crippen molar-refractivity contribution in [3.63, 3.8) is 0 Å². The van der Waals surface area contributed by atoms with E-state index in [9.17, 15) is 13.6 Å². The van der Waals surface area contributed by atoms with Crippen LogP contribution in [0.3, 0.4) is 0 Å². The minimum atomic E-state index is -2.83. The Bertz CT molecular complexity index is 1630. The van der Waals surface area contributed by atoms with Gasteiger partial charge in [0.1, 0.15) is 6.10 Å². The van der Waals surface area contributed by atoms with Crippen molar-refractivity contribution >= 4 is 22.9 Å². The van der Waals surface area contributed by atoms with E-state index in [1.807, 2.05) is 11.0 Å². The summed E-state index contributed by atoms with van der Waals surface area (Å²) in [6.45, 7) is 8.97. The first-order chi connectivity index (χ1) is 21.2. The zero-order valence-electron chi connectivity index (χ0n) is 25.3. The maximum atomic E-state index is 14.2. The third-order valence-corrected chi connectivity index (χ3v) is 8.36. The lowest BCUT2D eigenvalue weighted by atomic mass is 9.83. The normalized spacial score (nSPS) is 18.2. The lowest BCUT2D eigenvalue weighted by Crippen LogP contribution is -2.38. The van der Waals surface area contributed by atoms with Crippen molar-refractivity contribution in [1.82, 2.24) is 34.7 Å². The van der Waals surface area contributed by atoms with Gasteiger partial charge >= 0.3 is 0 Å². The standard InChI is InChI=1S/C32H38F2N8O2/c1-20(43)41-15-12-21(13-16-41)23-9-5-4-8-22(23)18-32(2,3)40-30-37-28(26-19-35-14-17-44-26)38-31(39-30)42-25-11-7-6-10-24(25)36-29(42)27(33)34/h4-11,21,26-27,35H,12-19H2,1-3H3,(H,37,38,39,40). The fourth-order valence-electron chi connectivity index (χ4n) is 6.23. The number of ether oxygens (including phenoxy) is 1. The predicted molar refractivity (Wildman–Crippen MR) is 163 cm³/mol. The monoisotopic (exact) mass is 604 g/mol. The van der Waals surface area contributed by atoms with Crippen LogP contribution in [-0.4, -0.2) is 73.6 Å². The van der Waals surface area contributed by atoms with E-state index in [2.05, 4.69) is 57.6 Å². The Morgan fingerprint density at radius 3 is 2.55 bits per heavy atom. The van der Waals surface area contributed by atoms with Gasteiger partial charge in [-0.05, 0) is 62.3 Å². The molecule has 12 heteroatoms. The van der Waals surface area contributed by atoms with Crippen LogP contribution in [0.25, 0.3) is 17.0 Å². The van der Waals surface area contributed by atoms with Gasteiger partial charge in [-0.3, -0.25) is 9.36 Å². The average Bonchev–Trinajstić information content (AvgIpc) is 3.41. The fraction of sp³-hybridized carbons (Fsp3) is 0.469. The molecule has 232 valence electrons. The Morgan fingerprint density at radius 2 is 1.82 bits per heavy atom. The number of amides is 1. The van der Waals surface area contributed by atoms with Crippen molar-refractivity contribution < 1.29 is 18.3 Å². The van der Waals surface area contributed by atoms with Crippen LogP contribution in [0.2, 0.25) is 0 Å². The number of nitrogens with one attached hydrogen (secondary N) is 2. The molecular formula is C32H38F2N8O2. The van der Waals surface area contributed by atoms with E-state index in [1.165, 1.54) is 15.7 Å². The predicted octanol–water partition coefficient (Wildman–Crippen LogP) is 4.97. The molecule has 2 N–H and O–H groups in total. The van der Waals surface area contributed by atoms with Gasteiger partial charge in [0.2, 0.25) is 17.8 Å². The number of morpholine rings is 1. The summed E-state index contributed by atoms with van der Waals surface area (Å²) < 4.78 is 35.8. The highest BCUT2D eigenvalue weighted by molar-refractivity contribution is 5.77. The van der Waals surface area contributed by atoms with E-state index in [0.29, 0.717) is 48.9 Å². The number of para-hydroxylation sites is 2. The van der Waals surface area contributed by atoms with Crippen LogP contribution in [0, 0.1) is 0 Å². The molecule has 2 saturated heterocycles. The highest BCUT2D eigenvalue weighted by Crippen LogP contribution is 2.33. The molecule has 44 heavy (non-hydrogen) atoms. The van der Waals surface area contributed by atoms with Gasteiger partial charge in [-0.25, -0.2) is 13.8 Å². The average molecular weight is 605 g/mol. The summed E-state index contributed by atoms with van der Waals surface area (Å²) in [6.07, 6.45) is -0.775.